The van der Waals surface area contributed by atoms with Gasteiger partial charge in [0.2, 0.25) is 5.91 Å². The third-order valence-corrected chi connectivity index (χ3v) is 6.68. The maximum atomic E-state index is 14.8. The van der Waals surface area contributed by atoms with Gasteiger partial charge in [0, 0.05) is 31.8 Å². The first-order valence-electron chi connectivity index (χ1n) is 11.4. The molecule has 1 amide bonds. The molecule has 11 heteroatoms. The molecule has 1 atom stereocenters. The van der Waals surface area contributed by atoms with Gasteiger partial charge in [-0.25, -0.2) is 33.0 Å². The van der Waals surface area contributed by atoms with Gasteiger partial charge in [0.1, 0.15) is 23.5 Å². The number of carbonyl (C=O) groups excluding carboxylic acids is 1. The Morgan fingerprint density at radius 2 is 1.78 bits per heavy atom. The summed E-state index contributed by atoms with van der Waals surface area (Å²) in [6.45, 7) is 1.30. The Kier molecular flexibility index (Phi) is 6.48. The molecule has 3 heterocycles. The first-order chi connectivity index (χ1) is 17.2. The number of hydrogen-bond donors (Lipinski definition) is 1. The zero-order chi connectivity index (χ0) is 25.6. The number of nitrogens with zero attached hydrogens (tertiary/aromatic N) is 4. The van der Waals surface area contributed by atoms with Crippen LogP contribution in [0, 0.1) is 23.3 Å². The Bertz CT molecular complexity index is 1280. The predicted molar refractivity (Wildman–Crippen MR) is 128 cm³/mol. The molecular weight excluding hydrogens is 498 g/mol. The molecule has 5 rings (SSSR count). The summed E-state index contributed by atoms with van der Waals surface area (Å²) in [5, 5.41) is 1.63. The van der Waals surface area contributed by atoms with Gasteiger partial charge < -0.3 is 9.80 Å². The number of amides is 1. The van der Waals surface area contributed by atoms with Crippen LogP contribution in [0.5, 0.6) is 0 Å². The van der Waals surface area contributed by atoms with Crippen molar-refractivity contribution < 1.29 is 22.4 Å². The van der Waals surface area contributed by atoms with Crippen LogP contribution in [0.4, 0.5) is 23.2 Å². The van der Waals surface area contributed by atoms with Crippen molar-refractivity contribution in [1.82, 2.24) is 15.3 Å². The van der Waals surface area contributed by atoms with Gasteiger partial charge in [0.25, 0.3) is 0 Å². The summed E-state index contributed by atoms with van der Waals surface area (Å²) < 4.78 is 56.4. The van der Waals surface area contributed by atoms with Crippen LogP contribution in [0.2, 0.25) is 5.02 Å². The number of anilines is 1. The Hall–Kier alpha value is -3.37. The topological polar surface area (TPSA) is 51.2 Å². The molecule has 0 bridgehead atoms. The van der Waals surface area contributed by atoms with Gasteiger partial charge in [-0.1, -0.05) is 17.7 Å². The number of benzene rings is 2. The standard InChI is InChI=1S/C25H22ClF4N5O/c1-33(24-15(26)6-5-7-16(24)27)22-13-19(14-10-17(28)23(30)18(29)11-14)31-21-12-20(32-35(21)22)25(36)34-8-3-2-4-9-34/h5-7,10-13,20,32H,2-4,8-9H2,1H3. The average molecular weight is 520 g/mol. The fourth-order valence-corrected chi connectivity index (χ4v) is 4.83. The van der Waals surface area contributed by atoms with E-state index >= 15 is 0 Å². The highest BCUT2D eigenvalue weighted by Gasteiger charge is 2.37. The minimum absolute atomic E-state index is 0.0247. The molecule has 6 nitrogen and oxygen atoms in total. The third kappa shape index (κ3) is 4.35. The molecular formula is C25H22ClF4N5O. The van der Waals surface area contributed by atoms with E-state index in [1.54, 1.807) is 18.0 Å². The molecule has 3 aliphatic rings. The van der Waals surface area contributed by atoms with Crippen LogP contribution in [0.25, 0.3) is 0 Å². The molecule has 0 radical (unpaired) electrons. The lowest BCUT2D eigenvalue weighted by Crippen LogP contribution is -2.50. The number of nitrogens with one attached hydrogen (secondary N) is 1. The molecule has 0 aliphatic carbocycles. The number of piperidine rings is 1. The molecule has 0 aromatic heterocycles. The lowest BCUT2D eigenvalue weighted by molar-refractivity contribution is -0.133. The maximum Gasteiger partial charge on any atom is 0.245 e. The second-order valence-corrected chi connectivity index (χ2v) is 9.14. The van der Waals surface area contributed by atoms with Crippen LogP contribution >= 0.6 is 11.6 Å². The van der Waals surface area contributed by atoms with Crippen molar-refractivity contribution in [3.8, 4) is 0 Å². The number of hydrogen-bond acceptors (Lipinski definition) is 5. The molecule has 2 aromatic carbocycles. The van der Waals surface area contributed by atoms with Gasteiger partial charge in [-0.2, -0.15) is 0 Å². The zero-order valence-electron chi connectivity index (χ0n) is 19.2. The number of aliphatic imine (C=N–C) groups is 1. The van der Waals surface area contributed by atoms with E-state index in [4.69, 9.17) is 11.6 Å². The summed E-state index contributed by atoms with van der Waals surface area (Å²) in [5.74, 6) is -4.51. The Morgan fingerprint density at radius 1 is 1.08 bits per heavy atom. The first kappa shape index (κ1) is 24.3. The molecule has 36 heavy (non-hydrogen) atoms. The van der Waals surface area contributed by atoms with Gasteiger partial charge in [-0.15, -0.1) is 0 Å². The van der Waals surface area contributed by atoms with E-state index < -0.39 is 29.3 Å². The van der Waals surface area contributed by atoms with Crippen LogP contribution in [0.1, 0.15) is 24.8 Å². The molecule has 0 spiro atoms. The van der Waals surface area contributed by atoms with Gasteiger partial charge in [-0.05, 0) is 49.6 Å². The molecule has 1 N–H and O–H groups in total. The van der Waals surface area contributed by atoms with E-state index in [9.17, 15) is 22.4 Å². The normalized spacial score (nSPS) is 19.5. The number of rotatable bonds is 4. The minimum atomic E-state index is -1.59. The fraction of sp³-hybridized carbons (Fsp3) is 0.280. The Balaban J connectivity index is 1.57. The highest BCUT2D eigenvalue weighted by molar-refractivity contribution is 6.33. The van der Waals surface area contributed by atoms with Crippen molar-refractivity contribution in [2.75, 3.05) is 25.0 Å². The summed E-state index contributed by atoms with van der Waals surface area (Å²) in [5.41, 5.74) is 3.21. The van der Waals surface area contributed by atoms with Crippen molar-refractivity contribution in [3.05, 3.63) is 88.0 Å². The highest BCUT2D eigenvalue weighted by Crippen LogP contribution is 2.35. The first-order valence-corrected chi connectivity index (χ1v) is 11.8. The number of likely N-dealkylation sites (tertiary alicyclic amines) is 1. The predicted octanol–water partition coefficient (Wildman–Crippen LogP) is 4.72. The van der Waals surface area contributed by atoms with Crippen LogP contribution < -0.4 is 10.3 Å². The molecule has 2 aromatic rings. The van der Waals surface area contributed by atoms with Crippen molar-refractivity contribution in [2.45, 2.75) is 25.3 Å². The van der Waals surface area contributed by atoms with E-state index in [1.165, 1.54) is 34.2 Å². The number of fused-ring (bicyclic) bond motifs is 1. The lowest BCUT2D eigenvalue weighted by Gasteiger charge is -2.35. The third-order valence-electron chi connectivity index (χ3n) is 6.37. The van der Waals surface area contributed by atoms with E-state index in [-0.39, 0.29) is 39.5 Å². The van der Waals surface area contributed by atoms with Crippen LogP contribution in [0.3, 0.4) is 0 Å². The molecule has 3 aliphatic heterocycles. The van der Waals surface area contributed by atoms with E-state index in [2.05, 4.69) is 10.4 Å². The maximum absolute atomic E-state index is 14.8. The second-order valence-electron chi connectivity index (χ2n) is 8.74. The SMILES string of the molecule is CN(C1=CC(c2cc(F)c(F)c(F)c2)=NC2=CC(C(=O)N3CCCCC3)NN21)c1c(F)cccc1Cl. The number of halogens is 5. The summed E-state index contributed by atoms with van der Waals surface area (Å²) >= 11 is 6.29. The highest BCUT2D eigenvalue weighted by atomic mass is 35.5. The van der Waals surface area contributed by atoms with E-state index in [0.717, 1.165) is 31.4 Å². The number of carbonyl (C=O) groups is 1. The van der Waals surface area contributed by atoms with Gasteiger partial charge in [0.15, 0.2) is 17.5 Å². The second kappa shape index (κ2) is 9.59. The van der Waals surface area contributed by atoms with Crippen LogP contribution in [0.15, 0.2) is 59.1 Å². The van der Waals surface area contributed by atoms with Crippen molar-refractivity contribution >= 4 is 28.9 Å². The largest absolute Gasteiger partial charge is 0.341 e. The summed E-state index contributed by atoms with van der Waals surface area (Å²) in [4.78, 5) is 20.8. The number of para-hydroxylation sites is 1. The summed E-state index contributed by atoms with van der Waals surface area (Å²) in [6, 6.07) is 5.14. The average Bonchev–Trinajstić information content (AvgIpc) is 3.30. The smallest absolute Gasteiger partial charge is 0.245 e. The summed E-state index contributed by atoms with van der Waals surface area (Å²) in [7, 11) is 1.56. The van der Waals surface area contributed by atoms with Gasteiger partial charge in [0.05, 0.1) is 16.4 Å². The minimum Gasteiger partial charge on any atom is -0.341 e. The van der Waals surface area contributed by atoms with Crippen LogP contribution in [-0.4, -0.2) is 47.7 Å². The molecule has 1 unspecified atom stereocenters. The fourth-order valence-electron chi connectivity index (χ4n) is 4.54. The van der Waals surface area contributed by atoms with Gasteiger partial charge >= 0.3 is 0 Å². The zero-order valence-corrected chi connectivity index (χ0v) is 20.0. The van der Waals surface area contributed by atoms with E-state index in [0.29, 0.717) is 13.1 Å². The molecule has 0 saturated carbocycles. The van der Waals surface area contributed by atoms with Crippen molar-refractivity contribution in [2.24, 2.45) is 4.99 Å². The van der Waals surface area contributed by atoms with Crippen molar-refractivity contribution in [1.29, 1.82) is 0 Å². The Labute approximate surface area is 210 Å². The summed E-state index contributed by atoms with van der Waals surface area (Å²) in [6.07, 6.45) is 5.95. The quantitative estimate of drug-likeness (QED) is 0.469. The Morgan fingerprint density at radius 3 is 2.44 bits per heavy atom. The van der Waals surface area contributed by atoms with Crippen LogP contribution in [-0.2, 0) is 4.79 Å². The lowest BCUT2D eigenvalue weighted by atomic mass is 10.1. The molecule has 1 fully saturated rings. The molecule has 1 saturated heterocycles. The van der Waals surface area contributed by atoms with E-state index in [1.807, 2.05) is 0 Å². The number of hydrazine groups is 1. The monoisotopic (exact) mass is 519 g/mol. The number of allylic oxidation sites excluding steroid dienone is 1. The molecule has 188 valence electrons. The van der Waals surface area contributed by atoms with Gasteiger partial charge in [-0.3, -0.25) is 4.79 Å². The van der Waals surface area contributed by atoms with Crippen molar-refractivity contribution in [3.63, 3.8) is 0 Å².